The van der Waals surface area contributed by atoms with Gasteiger partial charge in [-0.3, -0.25) is 14.9 Å². The lowest BCUT2D eigenvalue weighted by Crippen LogP contribution is -2.11. The summed E-state index contributed by atoms with van der Waals surface area (Å²) in [6.45, 7) is 0. The molecule has 1 aliphatic carbocycles. The number of nitrogens with zero attached hydrogens (tertiary/aromatic N) is 1. The summed E-state index contributed by atoms with van der Waals surface area (Å²) in [6.07, 6.45) is 1.68. The van der Waals surface area contributed by atoms with Crippen LogP contribution in [0.1, 0.15) is 19.3 Å². The molecule has 0 aromatic heterocycles. The average molecular weight is 364 g/mol. The van der Waals surface area contributed by atoms with Crippen LogP contribution in [0.5, 0.6) is 0 Å². The summed E-state index contributed by atoms with van der Waals surface area (Å²) in [5.41, 5.74) is -0.563. The number of carboxylic acids is 1. The van der Waals surface area contributed by atoms with Gasteiger partial charge in [-0.1, -0.05) is 0 Å². The van der Waals surface area contributed by atoms with Crippen molar-refractivity contribution in [2.45, 2.75) is 24.2 Å². The van der Waals surface area contributed by atoms with Crippen LogP contribution in [0.3, 0.4) is 0 Å². The molecule has 1 N–H and O–H groups in total. The molecule has 0 unspecified atom stereocenters. The standard InChI is InChI=1S/C12H11BrFNO4S/c13-7-3-10(9(15(18)19)4-8(7)14)20-6-12(1-2-12)5-11(16)17/h3-4H,1-2,5-6H2,(H,16,17). The van der Waals surface area contributed by atoms with Crippen molar-refractivity contribution in [2.75, 3.05) is 5.75 Å². The molecule has 0 amide bonds. The number of aliphatic carboxylic acids is 1. The number of nitro groups is 1. The number of hydrogen-bond acceptors (Lipinski definition) is 4. The molecule has 0 saturated heterocycles. The van der Waals surface area contributed by atoms with Crippen LogP contribution in [0.25, 0.3) is 0 Å². The molecule has 1 saturated carbocycles. The van der Waals surface area contributed by atoms with E-state index in [2.05, 4.69) is 15.9 Å². The molecule has 0 bridgehead atoms. The average Bonchev–Trinajstić information content (AvgIpc) is 3.09. The van der Waals surface area contributed by atoms with Crippen molar-refractivity contribution in [2.24, 2.45) is 5.41 Å². The van der Waals surface area contributed by atoms with Crippen molar-refractivity contribution in [1.82, 2.24) is 0 Å². The van der Waals surface area contributed by atoms with Crippen LogP contribution in [0.4, 0.5) is 10.1 Å². The summed E-state index contributed by atoms with van der Waals surface area (Å²) in [7, 11) is 0. The van der Waals surface area contributed by atoms with Crippen LogP contribution in [-0.4, -0.2) is 21.8 Å². The Hall–Kier alpha value is -1.15. The first-order valence-corrected chi connectivity index (χ1v) is 7.59. The summed E-state index contributed by atoms with van der Waals surface area (Å²) in [4.78, 5) is 21.4. The summed E-state index contributed by atoms with van der Waals surface area (Å²) in [5.74, 6) is -1.07. The van der Waals surface area contributed by atoms with E-state index in [9.17, 15) is 19.3 Å². The van der Waals surface area contributed by atoms with Gasteiger partial charge in [-0.05, 0) is 40.3 Å². The molecule has 0 aliphatic heterocycles. The fourth-order valence-corrected chi connectivity index (χ4v) is 3.71. The molecule has 1 fully saturated rings. The van der Waals surface area contributed by atoms with Crippen LogP contribution in [0.2, 0.25) is 0 Å². The second kappa shape index (κ2) is 5.69. The van der Waals surface area contributed by atoms with E-state index in [0.29, 0.717) is 10.6 Å². The van der Waals surface area contributed by atoms with Gasteiger partial charge in [-0.2, -0.15) is 0 Å². The summed E-state index contributed by atoms with van der Waals surface area (Å²) < 4.78 is 13.5. The molecule has 5 nitrogen and oxygen atoms in total. The number of benzene rings is 1. The molecular weight excluding hydrogens is 353 g/mol. The number of thioether (sulfide) groups is 1. The van der Waals surface area contributed by atoms with Crippen molar-refractivity contribution < 1.29 is 19.2 Å². The van der Waals surface area contributed by atoms with Gasteiger partial charge in [0.2, 0.25) is 0 Å². The third-order valence-electron chi connectivity index (χ3n) is 3.22. The van der Waals surface area contributed by atoms with Crippen molar-refractivity contribution in [3.05, 3.63) is 32.5 Å². The quantitative estimate of drug-likeness (QED) is 0.471. The smallest absolute Gasteiger partial charge is 0.303 e. The number of nitro benzene ring substituents is 1. The van der Waals surface area contributed by atoms with E-state index in [0.717, 1.165) is 18.9 Å². The molecular formula is C12H11BrFNO4S. The zero-order valence-electron chi connectivity index (χ0n) is 10.3. The maximum atomic E-state index is 13.3. The number of rotatable bonds is 6. The maximum absolute atomic E-state index is 13.3. The highest BCUT2D eigenvalue weighted by atomic mass is 79.9. The maximum Gasteiger partial charge on any atom is 0.303 e. The van der Waals surface area contributed by atoms with Gasteiger partial charge in [-0.15, -0.1) is 11.8 Å². The minimum atomic E-state index is -0.863. The van der Waals surface area contributed by atoms with E-state index in [1.54, 1.807) is 0 Å². The van der Waals surface area contributed by atoms with Crippen molar-refractivity contribution in [1.29, 1.82) is 0 Å². The monoisotopic (exact) mass is 363 g/mol. The first-order chi connectivity index (χ1) is 9.33. The number of hydrogen-bond donors (Lipinski definition) is 1. The Labute approximate surface area is 126 Å². The molecule has 0 radical (unpaired) electrons. The van der Waals surface area contributed by atoms with Crippen LogP contribution >= 0.6 is 27.7 Å². The number of halogens is 2. The highest BCUT2D eigenvalue weighted by Gasteiger charge is 2.44. The first kappa shape index (κ1) is 15.2. The van der Waals surface area contributed by atoms with Crippen molar-refractivity contribution >= 4 is 39.3 Å². The molecule has 1 aromatic rings. The molecule has 8 heteroatoms. The summed E-state index contributed by atoms with van der Waals surface area (Å²) in [6, 6.07) is 2.25. The van der Waals surface area contributed by atoms with Gasteiger partial charge in [0.05, 0.1) is 26.8 Å². The van der Waals surface area contributed by atoms with E-state index in [-0.39, 0.29) is 22.0 Å². The topological polar surface area (TPSA) is 80.4 Å². The predicted molar refractivity (Wildman–Crippen MR) is 75.4 cm³/mol. The van der Waals surface area contributed by atoms with Gasteiger partial charge in [0, 0.05) is 5.75 Å². The second-order valence-electron chi connectivity index (χ2n) is 4.85. The lowest BCUT2D eigenvalue weighted by molar-refractivity contribution is -0.387. The molecule has 2 rings (SSSR count). The van der Waals surface area contributed by atoms with E-state index in [1.807, 2.05) is 0 Å². The van der Waals surface area contributed by atoms with E-state index < -0.39 is 16.7 Å². The number of carbonyl (C=O) groups is 1. The fourth-order valence-electron chi connectivity index (χ4n) is 1.88. The van der Waals surface area contributed by atoms with Gasteiger partial charge in [0.15, 0.2) is 0 Å². The molecule has 1 aromatic carbocycles. The van der Waals surface area contributed by atoms with Gasteiger partial charge in [-0.25, -0.2) is 4.39 Å². The Balaban J connectivity index is 2.15. The Morgan fingerprint density at radius 3 is 2.70 bits per heavy atom. The van der Waals surface area contributed by atoms with E-state index in [1.165, 1.54) is 17.8 Å². The van der Waals surface area contributed by atoms with E-state index in [4.69, 9.17) is 5.11 Å². The van der Waals surface area contributed by atoms with Crippen LogP contribution in [0, 0.1) is 21.3 Å². The zero-order valence-corrected chi connectivity index (χ0v) is 12.7. The van der Waals surface area contributed by atoms with Crippen LogP contribution in [-0.2, 0) is 4.79 Å². The van der Waals surface area contributed by atoms with Crippen LogP contribution < -0.4 is 0 Å². The second-order valence-corrected chi connectivity index (χ2v) is 6.72. The first-order valence-electron chi connectivity index (χ1n) is 5.81. The van der Waals surface area contributed by atoms with Crippen LogP contribution in [0.15, 0.2) is 21.5 Å². The summed E-state index contributed by atoms with van der Waals surface area (Å²) >= 11 is 4.21. The van der Waals surface area contributed by atoms with E-state index >= 15 is 0 Å². The van der Waals surface area contributed by atoms with Gasteiger partial charge in [0.25, 0.3) is 5.69 Å². The molecule has 0 heterocycles. The minimum Gasteiger partial charge on any atom is -0.481 e. The fraction of sp³-hybridized carbons (Fsp3) is 0.417. The SMILES string of the molecule is O=C(O)CC1(CSc2cc(Br)c(F)cc2[N+](=O)[O-])CC1. The lowest BCUT2D eigenvalue weighted by atomic mass is 10.1. The third kappa shape index (κ3) is 3.49. The largest absolute Gasteiger partial charge is 0.481 e. The minimum absolute atomic E-state index is 0.0656. The Morgan fingerprint density at radius 1 is 1.55 bits per heavy atom. The Bertz CT molecular complexity index is 577. The Morgan fingerprint density at radius 2 is 2.20 bits per heavy atom. The van der Waals surface area contributed by atoms with Crippen molar-refractivity contribution in [3.8, 4) is 0 Å². The number of carboxylic acid groups (broad SMARTS) is 1. The molecule has 0 spiro atoms. The van der Waals surface area contributed by atoms with Gasteiger partial charge in [0.1, 0.15) is 5.82 Å². The predicted octanol–water partition coefficient (Wildman–Crippen LogP) is 3.84. The zero-order chi connectivity index (χ0) is 14.9. The molecule has 20 heavy (non-hydrogen) atoms. The lowest BCUT2D eigenvalue weighted by Gasteiger charge is -2.12. The Kier molecular flexibility index (Phi) is 4.33. The van der Waals surface area contributed by atoms with Gasteiger partial charge >= 0.3 is 5.97 Å². The van der Waals surface area contributed by atoms with Gasteiger partial charge < -0.3 is 5.11 Å². The molecule has 1 aliphatic rings. The highest BCUT2D eigenvalue weighted by molar-refractivity contribution is 9.10. The van der Waals surface area contributed by atoms with Crippen molar-refractivity contribution in [3.63, 3.8) is 0 Å². The summed E-state index contributed by atoms with van der Waals surface area (Å²) in [5, 5.41) is 19.8. The molecule has 0 atom stereocenters. The molecule has 108 valence electrons. The highest BCUT2D eigenvalue weighted by Crippen LogP contribution is 2.52. The third-order valence-corrected chi connectivity index (χ3v) is 5.22. The normalized spacial score (nSPS) is 15.9.